The van der Waals surface area contributed by atoms with E-state index in [0.717, 1.165) is 42.6 Å². The van der Waals surface area contributed by atoms with Gasteiger partial charge >= 0.3 is 5.97 Å². The molecular weight excluding hydrogens is 319 g/mol. The Labute approximate surface area is 141 Å². The Hall–Kier alpha value is -0.730. The van der Waals surface area contributed by atoms with Crippen molar-refractivity contribution in [2.75, 3.05) is 0 Å². The highest BCUT2D eigenvalue weighted by atomic mass is 35.5. The minimum atomic E-state index is -0.201. The van der Waals surface area contributed by atoms with Crippen molar-refractivity contribution in [1.29, 1.82) is 0 Å². The summed E-state index contributed by atoms with van der Waals surface area (Å²) in [6, 6.07) is 5.30. The Morgan fingerprint density at radius 1 is 1.09 bits per heavy atom. The molecule has 0 N–H and O–H groups in total. The Morgan fingerprint density at radius 2 is 1.68 bits per heavy atom. The average molecular weight is 339 g/mol. The van der Waals surface area contributed by atoms with Crippen molar-refractivity contribution in [3.8, 4) is 0 Å². The first-order chi connectivity index (χ1) is 10.5. The van der Waals surface area contributed by atoms with Gasteiger partial charge in [0.05, 0.1) is 5.41 Å². The molecule has 0 spiro atoms. The minimum Gasteiger partial charge on any atom is -0.460 e. The molecule has 0 aliphatic heterocycles. The molecule has 0 atom stereocenters. The van der Waals surface area contributed by atoms with Crippen LogP contribution < -0.4 is 0 Å². The van der Waals surface area contributed by atoms with Crippen LogP contribution in [0.3, 0.4) is 0 Å². The normalized spacial score (nSPS) is 35.6. The van der Waals surface area contributed by atoms with E-state index in [-0.39, 0.29) is 18.0 Å². The second kappa shape index (κ2) is 5.42. The van der Waals surface area contributed by atoms with Crippen molar-refractivity contribution >= 4 is 29.2 Å². The fraction of sp³-hybridized carbons (Fsp3) is 0.611. The van der Waals surface area contributed by atoms with Crippen molar-refractivity contribution < 1.29 is 9.53 Å². The molecule has 5 rings (SSSR count). The van der Waals surface area contributed by atoms with Crippen LogP contribution in [0, 0.1) is 23.2 Å². The van der Waals surface area contributed by atoms with E-state index in [2.05, 4.69) is 0 Å². The summed E-state index contributed by atoms with van der Waals surface area (Å²) in [7, 11) is 0. The fourth-order valence-electron chi connectivity index (χ4n) is 5.30. The lowest BCUT2D eigenvalue weighted by Crippen LogP contribution is -2.50. The molecule has 0 saturated heterocycles. The second-order valence-electron chi connectivity index (χ2n) is 7.51. The molecule has 1 aromatic rings. The van der Waals surface area contributed by atoms with Gasteiger partial charge in [0.2, 0.25) is 0 Å². The number of hydrogen-bond donors (Lipinski definition) is 0. The van der Waals surface area contributed by atoms with Gasteiger partial charge in [0, 0.05) is 15.6 Å². The largest absolute Gasteiger partial charge is 0.460 e. The van der Waals surface area contributed by atoms with Crippen molar-refractivity contribution in [3.63, 3.8) is 0 Å². The third-order valence-corrected chi connectivity index (χ3v) is 6.43. The molecule has 4 aliphatic rings. The first-order valence-corrected chi connectivity index (χ1v) is 8.91. The van der Waals surface area contributed by atoms with Crippen molar-refractivity contribution in [2.24, 2.45) is 23.2 Å². The first kappa shape index (κ1) is 14.8. The lowest BCUT2D eigenvalue weighted by molar-refractivity contribution is -0.172. The van der Waals surface area contributed by atoms with Gasteiger partial charge in [-0.3, -0.25) is 4.79 Å². The molecule has 4 heteroatoms. The summed E-state index contributed by atoms with van der Waals surface area (Å²) in [4.78, 5) is 12.8. The number of hydrogen-bond acceptors (Lipinski definition) is 2. The maximum atomic E-state index is 12.8. The van der Waals surface area contributed by atoms with Gasteiger partial charge in [-0.15, -0.1) is 0 Å². The molecule has 2 nitrogen and oxygen atoms in total. The lowest BCUT2D eigenvalue weighted by Gasteiger charge is -2.55. The fourth-order valence-corrected chi connectivity index (χ4v) is 5.76. The summed E-state index contributed by atoms with van der Waals surface area (Å²) >= 11 is 12.1. The van der Waals surface area contributed by atoms with Crippen LogP contribution >= 0.6 is 23.2 Å². The third kappa shape index (κ3) is 2.55. The van der Waals surface area contributed by atoms with Crippen LogP contribution in [0.25, 0.3) is 0 Å². The molecule has 4 aliphatic carbocycles. The summed E-state index contributed by atoms with van der Waals surface area (Å²) in [5.74, 6) is 2.24. The van der Waals surface area contributed by atoms with Gasteiger partial charge in [-0.2, -0.15) is 0 Å². The summed E-state index contributed by atoms with van der Waals surface area (Å²) in [5.41, 5.74) is 0.623. The van der Waals surface area contributed by atoms with E-state index >= 15 is 0 Å². The predicted molar refractivity (Wildman–Crippen MR) is 86.9 cm³/mol. The van der Waals surface area contributed by atoms with Crippen LogP contribution in [0.4, 0.5) is 0 Å². The van der Waals surface area contributed by atoms with Crippen molar-refractivity contribution in [1.82, 2.24) is 0 Å². The molecular formula is C18H20Cl2O2. The van der Waals surface area contributed by atoms with E-state index in [4.69, 9.17) is 27.9 Å². The summed E-state index contributed by atoms with van der Waals surface area (Å²) in [6.07, 6.45) is 7.09. The Morgan fingerprint density at radius 3 is 2.23 bits per heavy atom. The molecule has 22 heavy (non-hydrogen) atoms. The molecule has 0 amide bonds. The van der Waals surface area contributed by atoms with Gasteiger partial charge in [-0.05, 0) is 68.4 Å². The first-order valence-electron chi connectivity index (χ1n) is 8.15. The van der Waals surface area contributed by atoms with E-state index in [0.29, 0.717) is 10.0 Å². The van der Waals surface area contributed by atoms with Gasteiger partial charge < -0.3 is 4.74 Å². The third-order valence-electron chi connectivity index (χ3n) is 5.85. The highest BCUT2D eigenvalue weighted by molar-refractivity contribution is 6.35. The van der Waals surface area contributed by atoms with E-state index in [9.17, 15) is 4.79 Å². The standard InChI is InChI=1S/C18H20Cl2O2/c19-15-2-1-14(16(20)6-15)10-22-17(21)18-7-11-3-12(8-18)5-13(4-11)9-18/h1-2,6,11-13H,3-5,7-10H2. The zero-order chi connectivity index (χ0) is 15.3. The molecule has 118 valence electrons. The number of carbonyl (C=O) groups is 1. The number of ether oxygens (including phenoxy) is 1. The van der Waals surface area contributed by atoms with Crippen molar-refractivity contribution in [3.05, 3.63) is 33.8 Å². The summed E-state index contributed by atoms with van der Waals surface area (Å²) in [5, 5.41) is 1.16. The summed E-state index contributed by atoms with van der Waals surface area (Å²) in [6.45, 7) is 0.247. The number of esters is 1. The molecule has 0 unspecified atom stereocenters. The molecule has 0 aromatic heterocycles. The van der Waals surface area contributed by atoms with Gasteiger partial charge in [-0.25, -0.2) is 0 Å². The molecule has 4 bridgehead atoms. The minimum absolute atomic E-state index is 0.00221. The van der Waals surface area contributed by atoms with E-state index < -0.39 is 0 Å². The zero-order valence-corrected chi connectivity index (χ0v) is 14.0. The van der Waals surface area contributed by atoms with Crippen LogP contribution in [0.2, 0.25) is 10.0 Å². The molecule has 4 saturated carbocycles. The topological polar surface area (TPSA) is 26.3 Å². The Kier molecular flexibility index (Phi) is 3.65. The Bertz CT molecular complexity index is 576. The SMILES string of the molecule is O=C(OCc1ccc(Cl)cc1Cl)C12CC3CC(CC(C3)C1)C2. The lowest BCUT2D eigenvalue weighted by atomic mass is 9.49. The van der Waals surface area contributed by atoms with Crippen LogP contribution in [0.5, 0.6) is 0 Å². The highest BCUT2D eigenvalue weighted by Gasteiger charge is 2.55. The number of halogens is 2. The number of rotatable bonds is 3. The van der Waals surface area contributed by atoms with E-state index in [1.165, 1.54) is 19.3 Å². The van der Waals surface area contributed by atoms with Gasteiger partial charge in [-0.1, -0.05) is 29.3 Å². The van der Waals surface area contributed by atoms with Gasteiger partial charge in [0.15, 0.2) is 0 Å². The second-order valence-corrected chi connectivity index (χ2v) is 8.35. The molecule has 0 heterocycles. The summed E-state index contributed by atoms with van der Waals surface area (Å²) < 4.78 is 5.67. The predicted octanol–water partition coefficient (Wildman–Crippen LogP) is 5.25. The number of carbonyl (C=O) groups excluding carboxylic acids is 1. The molecule has 1 aromatic carbocycles. The maximum absolute atomic E-state index is 12.8. The van der Waals surface area contributed by atoms with Crippen molar-refractivity contribution in [2.45, 2.75) is 45.1 Å². The van der Waals surface area contributed by atoms with Crippen LogP contribution in [-0.4, -0.2) is 5.97 Å². The van der Waals surface area contributed by atoms with Crippen LogP contribution in [0.1, 0.15) is 44.1 Å². The Balaban J connectivity index is 1.46. The molecule has 0 radical (unpaired) electrons. The van der Waals surface area contributed by atoms with Crippen LogP contribution in [-0.2, 0) is 16.1 Å². The van der Waals surface area contributed by atoms with Crippen LogP contribution in [0.15, 0.2) is 18.2 Å². The monoisotopic (exact) mass is 338 g/mol. The number of benzene rings is 1. The van der Waals surface area contributed by atoms with Gasteiger partial charge in [0.1, 0.15) is 6.61 Å². The average Bonchev–Trinajstić information content (AvgIpc) is 2.44. The molecule has 4 fully saturated rings. The zero-order valence-electron chi connectivity index (χ0n) is 12.5. The maximum Gasteiger partial charge on any atom is 0.312 e. The smallest absolute Gasteiger partial charge is 0.312 e. The van der Waals surface area contributed by atoms with E-state index in [1.807, 2.05) is 6.07 Å². The van der Waals surface area contributed by atoms with E-state index in [1.54, 1.807) is 12.1 Å². The van der Waals surface area contributed by atoms with Gasteiger partial charge in [0.25, 0.3) is 0 Å². The quantitative estimate of drug-likeness (QED) is 0.703. The highest BCUT2D eigenvalue weighted by Crippen LogP contribution is 2.60.